The number of aromatic hydroxyl groups is 1. The number of nitrogens with one attached hydrogen (secondary N) is 2. The van der Waals surface area contributed by atoms with Gasteiger partial charge in [0.25, 0.3) is 5.91 Å². The fraction of sp³-hybridized carbons (Fsp3) is 0.385. The zero-order valence-electron chi connectivity index (χ0n) is 10.8. The number of benzene rings is 1. The van der Waals surface area contributed by atoms with Crippen LogP contribution in [0.25, 0.3) is 0 Å². The highest BCUT2D eigenvalue weighted by Crippen LogP contribution is 2.15. The summed E-state index contributed by atoms with van der Waals surface area (Å²) < 4.78 is 0. The van der Waals surface area contributed by atoms with E-state index in [4.69, 9.17) is 0 Å². The molecule has 0 heterocycles. The first-order valence-electron chi connectivity index (χ1n) is 5.84. The normalized spacial score (nSPS) is 11.7. The quantitative estimate of drug-likeness (QED) is 0.744. The fourth-order valence-corrected chi connectivity index (χ4v) is 1.57. The van der Waals surface area contributed by atoms with Gasteiger partial charge in [-0.2, -0.15) is 0 Å². The van der Waals surface area contributed by atoms with Crippen molar-refractivity contribution in [2.75, 3.05) is 6.54 Å². The lowest BCUT2D eigenvalue weighted by atomic mass is 10.1. The Morgan fingerprint density at radius 1 is 1.39 bits per heavy atom. The van der Waals surface area contributed by atoms with Crippen molar-refractivity contribution in [2.24, 2.45) is 0 Å². The number of amides is 2. The molecule has 5 nitrogen and oxygen atoms in total. The van der Waals surface area contributed by atoms with E-state index in [0.29, 0.717) is 17.7 Å². The van der Waals surface area contributed by atoms with Crippen LogP contribution >= 0.6 is 0 Å². The molecule has 0 saturated carbocycles. The molecule has 0 radical (unpaired) electrons. The lowest BCUT2D eigenvalue weighted by Gasteiger charge is -2.14. The third-order valence-corrected chi connectivity index (χ3v) is 2.55. The molecule has 98 valence electrons. The molecule has 0 bridgehead atoms. The summed E-state index contributed by atoms with van der Waals surface area (Å²) in [4.78, 5) is 23.4. The van der Waals surface area contributed by atoms with Gasteiger partial charge in [0.05, 0.1) is 0 Å². The Hall–Kier alpha value is -2.04. The minimum atomic E-state index is -0.592. The summed E-state index contributed by atoms with van der Waals surface area (Å²) in [5.74, 6) is -0.436. The van der Waals surface area contributed by atoms with Crippen molar-refractivity contribution in [3.8, 4) is 5.75 Å². The predicted octanol–water partition coefficient (Wildman–Crippen LogP) is 0.955. The van der Waals surface area contributed by atoms with E-state index in [2.05, 4.69) is 10.6 Å². The second-order valence-corrected chi connectivity index (χ2v) is 4.09. The average molecular weight is 250 g/mol. The highest BCUT2D eigenvalue weighted by atomic mass is 16.3. The van der Waals surface area contributed by atoms with Gasteiger partial charge in [-0.3, -0.25) is 9.59 Å². The Morgan fingerprint density at radius 2 is 2.06 bits per heavy atom. The topological polar surface area (TPSA) is 78.4 Å². The first kappa shape index (κ1) is 14.0. The maximum absolute atomic E-state index is 11.9. The van der Waals surface area contributed by atoms with Crippen LogP contribution in [0.1, 0.15) is 29.8 Å². The molecule has 18 heavy (non-hydrogen) atoms. The first-order valence-corrected chi connectivity index (χ1v) is 5.84. The van der Waals surface area contributed by atoms with Crippen LogP contribution in [0.5, 0.6) is 5.75 Å². The van der Waals surface area contributed by atoms with Crippen molar-refractivity contribution < 1.29 is 14.7 Å². The molecule has 0 aromatic heterocycles. The standard InChI is InChI=1S/C13H18N2O3/c1-4-14-12(17)9(3)15-13(18)11-6-5-10(16)7-8(11)2/h5-7,9,16H,4H2,1-3H3,(H,14,17)(H,15,18). The van der Waals surface area contributed by atoms with Crippen LogP contribution in [0.15, 0.2) is 18.2 Å². The Bertz CT molecular complexity index is 458. The lowest BCUT2D eigenvalue weighted by molar-refractivity contribution is -0.122. The van der Waals surface area contributed by atoms with E-state index in [1.54, 1.807) is 13.8 Å². The Balaban J connectivity index is 2.73. The highest BCUT2D eigenvalue weighted by molar-refractivity contribution is 5.98. The van der Waals surface area contributed by atoms with Gasteiger partial charge in [-0.05, 0) is 44.5 Å². The maximum atomic E-state index is 11.9. The SMILES string of the molecule is CCNC(=O)C(C)NC(=O)c1ccc(O)cc1C. The number of carbonyl (C=O) groups is 2. The molecule has 1 aromatic carbocycles. The molecule has 2 amide bonds. The second-order valence-electron chi connectivity index (χ2n) is 4.09. The second kappa shape index (κ2) is 6.05. The molecular formula is C13H18N2O3. The molecule has 1 unspecified atom stereocenters. The number of phenols is 1. The summed E-state index contributed by atoms with van der Waals surface area (Å²) in [6.07, 6.45) is 0. The number of hydrogen-bond acceptors (Lipinski definition) is 3. The Kier molecular flexibility index (Phi) is 4.71. The summed E-state index contributed by atoms with van der Waals surface area (Å²) >= 11 is 0. The number of likely N-dealkylation sites (N-methyl/N-ethyl adjacent to an activating group) is 1. The summed E-state index contributed by atoms with van der Waals surface area (Å²) in [6.45, 7) is 5.69. The molecule has 1 aromatic rings. The Morgan fingerprint density at radius 3 is 2.61 bits per heavy atom. The van der Waals surface area contributed by atoms with Gasteiger partial charge in [-0.25, -0.2) is 0 Å². The van der Waals surface area contributed by atoms with Crippen molar-refractivity contribution >= 4 is 11.8 Å². The summed E-state index contributed by atoms with van der Waals surface area (Å²) in [6, 6.07) is 3.89. The van der Waals surface area contributed by atoms with Crippen LogP contribution in [0.2, 0.25) is 0 Å². The van der Waals surface area contributed by atoms with Gasteiger partial charge < -0.3 is 15.7 Å². The third kappa shape index (κ3) is 3.48. The molecule has 3 N–H and O–H groups in total. The zero-order valence-corrected chi connectivity index (χ0v) is 10.8. The molecular weight excluding hydrogens is 232 g/mol. The van der Waals surface area contributed by atoms with E-state index < -0.39 is 6.04 Å². The van der Waals surface area contributed by atoms with Crippen LogP contribution in [-0.4, -0.2) is 29.5 Å². The van der Waals surface area contributed by atoms with E-state index in [1.807, 2.05) is 6.92 Å². The van der Waals surface area contributed by atoms with Crippen LogP contribution in [-0.2, 0) is 4.79 Å². The molecule has 0 aliphatic rings. The fourth-order valence-electron chi connectivity index (χ4n) is 1.57. The van der Waals surface area contributed by atoms with Gasteiger partial charge in [0.15, 0.2) is 0 Å². The van der Waals surface area contributed by atoms with E-state index >= 15 is 0 Å². The van der Waals surface area contributed by atoms with Crippen molar-refractivity contribution in [3.63, 3.8) is 0 Å². The molecule has 1 atom stereocenters. The van der Waals surface area contributed by atoms with Gasteiger partial charge in [-0.15, -0.1) is 0 Å². The van der Waals surface area contributed by atoms with Crippen LogP contribution in [0.3, 0.4) is 0 Å². The summed E-state index contributed by atoms with van der Waals surface area (Å²) in [5.41, 5.74) is 1.11. The van der Waals surface area contributed by atoms with Crippen molar-refractivity contribution in [2.45, 2.75) is 26.8 Å². The maximum Gasteiger partial charge on any atom is 0.252 e. The van der Waals surface area contributed by atoms with Gasteiger partial charge in [0.2, 0.25) is 5.91 Å². The van der Waals surface area contributed by atoms with Gasteiger partial charge in [-0.1, -0.05) is 0 Å². The molecule has 0 aliphatic heterocycles. The summed E-state index contributed by atoms with van der Waals surface area (Å²) in [7, 11) is 0. The van der Waals surface area contributed by atoms with Crippen LogP contribution in [0, 0.1) is 6.92 Å². The van der Waals surface area contributed by atoms with Gasteiger partial charge in [0.1, 0.15) is 11.8 Å². The molecule has 0 fully saturated rings. The highest BCUT2D eigenvalue weighted by Gasteiger charge is 2.17. The number of rotatable bonds is 4. The van der Waals surface area contributed by atoms with Crippen LogP contribution < -0.4 is 10.6 Å². The lowest BCUT2D eigenvalue weighted by Crippen LogP contribution is -2.44. The van der Waals surface area contributed by atoms with Crippen molar-refractivity contribution in [3.05, 3.63) is 29.3 Å². The van der Waals surface area contributed by atoms with E-state index in [0.717, 1.165) is 0 Å². The minimum Gasteiger partial charge on any atom is -0.508 e. The van der Waals surface area contributed by atoms with Crippen LogP contribution in [0.4, 0.5) is 0 Å². The van der Waals surface area contributed by atoms with Gasteiger partial charge in [0, 0.05) is 12.1 Å². The molecule has 0 aliphatic carbocycles. The predicted molar refractivity (Wildman–Crippen MR) is 68.5 cm³/mol. The van der Waals surface area contributed by atoms with Crippen molar-refractivity contribution in [1.29, 1.82) is 0 Å². The van der Waals surface area contributed by atoms with E-state index in [1.165, 1.54) is 18.2 Å². The molecule has 0 spiro atoms. The van der Waals surface area contributed by atoms with E-state index in [9.17, 15) is 14.7 Å². The minimum absolute atomic E-state index is 0.112. The number of hydrogen-bond donors (Lipinski definition) is 3. The molecule has 1 rings (SSSR count). The number of phenolic OH excluding ortho intramolecular Hbond substituents is 1. The number of aryl methyl sites for hydroxylation is 1. The molecule has 0 saturated heterocycles. The summed E-state index contributed by atoms with van der Waals surface area (Å²) in [5, 5.41) is 14.5. The third-order valence-electron chi connectivity index (χ3n) is 2.55. The largest absolute Gasteiger partial charge is 0.508 e. The first-order chi connectivity index (χ1) is 8.45. The number of carbonyl (C=O) groups excluding carboxylic acids is 2. The monoisotopic (exact) mass is 250 g/mol. The molecule has 5 heteroatoms. The van der Waals surface area contributed by atoms with E-state index in [-0.39, 0.29) is 17.6 Å². The Labute approximate surface area is 106 Å². The zero-order chi connectivity index (χ0) is 13.7. The van der Waals surface area contributed by atoms with Crippen molar-refractivity contribution in [1.82, 2.24) is 10.6 Å². The average Bonchev–Trinajstić information content (AvgIpc) is 2.28. The van der Waals surface area contributed by atoms with Gasteiger partial charge >= 0.3 is 0 Å². The smallest absolute Gasteiger partial charge is 0.252 e.